The van der Waals surface area contributed by atoms with Gasteiger partial charge in [-0.3, -0.25) is 4.79 Å². The Morgan fingerprint density at radius 2 is 2.11 bits per heavy atom. The zero-order valence-corrected chi connectivity index (χ0v) is 10.4. The second-order valence-corrected chi connectivity index (χ2v) is 3.99. The number of carbonyl (C=O) groups is 1. The molecule has 4 nitrogen and oxygen atoms in total. The Hall–Kier alpha value is -1.92. The van der Waals surface area contributed by atoms with Crippen LogP contribution in [-0.2, 0) is 4.79 Å². The van der Waals surface area contributed by atoms with Gasteiger partial charge in [-0.2, -0.15) is 13.2 Å². The molecule has 0 amide bonds. The molecule has 0 aliphatic carbocycles. The largest absolute Gasteiger partial charge is 0.497 e. The van der Waals surface area contributed by atoms with E-state index < -0.39 is 24.6 Å². The number of carboxylic acids is 1. The van der Waals surface area contributed by atoms with Gasteiger partial charge in [0.25, 0.3) is 0 Å². The highest BCUT2D eigenvalue weighted by molar-refractivity contribution is 5.72. The SMILES string of the molecule is COc1ccc(NCC(C(=O)O)C(F)(F)F)c(C)c1. The van der Waals surface area contributed by atoms with Crippen molar-refractivity contribution >= 4 is 11.7 Å². The van der Waals surface area contributed by atoms with E-state index in [2.05, 4.69) is 5.32 Å². The van der Waals surface area contributed by atoms with Crippen LogP contribution in [0.1, 0.15) is 5.56 Å². The lowest BCUT2D eigenvalue weighted by molar-refractivity contribution is -0.190. The van der Waals surface area contributed by atoms with E-state index >= 15 is 0 Å². The van der Waals surface area contributed by atoms with E-state index in [0.29, 0.717) is 17.0 Å². The van der Waals surface area contributed by atoms with E-state index in [9.17, 15) is 18.0 Å². The Morgan fingerprint density at radius 3 is 2.53 bits per heavy atom. The first-order valence-corrected chi connectivity index (χ1v) is 5.43. The molecule has 0 heterocycles. The number of methoxy groups -OCH3 is 1. The molecule has 1 aromatic carbocycles. The molecule has 7 heteroatoms. The highest BCUT2D eigenvalue weighted by atomic mass is 19.4. The van der Waals surface area contributed by atoms with E-state index in [1.165, 1.54) is 7.11 Å². The summed E-state index contributed by atoms with van der Waals surface area (Å²) >= 11 is 0. The lowest BCUT2D eigenvalue weighted by atomic mass is 10.1. The molecule has 1 aromatic rings. The molecule has 0 bridgehead atoms. The van der Waals surface area contributed by atoms with Gasteiger partial charge in [-0.1, -0.05) is 0 Å². The molecule has 0 aromatic heterocycles. The van der Waals surface area contributed by atoms with Gasteiger partial charge in [-0.05, 0) is 30.7 Å². The maximum absolute atomic E-state index is 12.5. The molecule has 0 saturated carbocycles. The van der Waals surface area contributed by atoms with Crippen LogP contribution in [0, 0.1) is 12.8 Å². The Balaban J connectivity index is 2.78. The summed E-state index contributed by atoms with van der Waals surface area (Å²) in [5, 5.41) is 11.1. The van der Waals surface area contributed by atoms with Gasteiger partial charge in [0.05, 0.1) is 7.11 Å². The van der Waals surface area contributed by atoms with Crippen molar-refractivity contribution in [2.24, 2.45) is 5.92 Å². The van der Waals surface area contributed by atoms with Gasteiger partial charge in [0.15, 0.2) is 5.92 Å². The number of halogens is 3. The molecule has 19 heavy (non-hydrogen) atoms. The Bertz CT molecular complexity index is 460. The standard InChI is InChI=1S/C12H14F3NO3/c1-7-5-8(19-2)3-4-10(7)16-6-9(11(17)18)12(13,14)15/h3-5,9,16H,6H2,1-2H3,(H,17,18). The van der Waals surface area contributed by atoms with Gasteiger partial charge < -0.3 is 15.2 Å². The van der Waals surface area contributed by atoms with E-state index in [-0.39, 0.29) is 0 Å². The van der Waals surface area contributed by atoms with Crippen molar-refractivity contribution in [2.75, 3.05) is 19.0 Å². The summed E-state index contributed by atoms with van der Waals surface area (Å²) in [4.78, 5) is 10.6. The molecule has 1 rings (SSSR count). The van der Waals surface area contributed by atoms with Crippen molar-refractivity contribution in [1.82, 2.24) is 0 Å². The number of hydrogen-bond acceptors (Lipinski definition) is 3. The third-order valence-electron chi connectivity index (χ3n) is 2.62. The van der Waals surface area contributed by atoms with E-state index in [1.807, 2.05) is 0 Å². The number of aryl methyl sites for hydroxylation is 1. The summed E-state index contributed by atoms with van der Waals surface area (Å²) in [5.41, 5.74) is 1.11. The zero-order valence-electron chi connectivity index (χ0n) is 10.4. The van der Waals surface area contributed by atoms with Gasteiger partial charge in [-0.25, -0.2) is 0 Å². The number of aliphatic carboxylic acids is 1. The number of benzene rings is 1. The Morgan fingerprint density at radius 1 is 1.47 bits per heavy atom. The summed E-state index contributed by atoms with van der Waals surface area (Å²) in [6.07, 6.45) is -4.78. The van der Waals surface area contributed by atoms with Gasteiger partial charge in [0.2, 0.25) is 0 Å². The number of nitrogens with one attached hydrogen (secondary N) is 1. The van der Waals surface area contributed by atoms with Crippen LogP contribution in [0.3, 0.4) is 0 Å². The molecular formula is C12H14F3NO3. The van der Waals surface area contributed by atoms with Gasteiger partial charge in [0.1, 0.15) is 5.75 Å². The van der Waals surface area contributed by atoms with Gasteiger partial charge in [0, 0.05) is 12.2 Å². The summed E-state index contributed by atoms with van der Waals surface area (Å²) < 4.78 is 42.3. The topological polar surface area (TPSA) is 58.6 Å². The normalized spacial score (nSPS) is 12.9. The summed E-state index contributed by atoms with van der Waals surface area (Å²) in [7, 11) is 1.48. The number of alkyl halides is 3. The highest BCUT2D eigenvalue weighted by Crippen LogP contribution is 2.28. The fourth-order valence-corrected chi connectivity index (χ4v) is 1.52. The first-order chi connectivity index (χ1) is 8.75. The van der Waals surface area contributed by atoms with Gasteiger partial charge >= 0.3 is 12.1 Å². The molecule has 0 spiro atoms. The smallest absolute Gasteiger partial charge is 0.403 e. The summed E-state index contributed by atoms with van der Waals surface area (Å²) in [5.74, 6) is -3.76. The third kappa shape index (κ3) is 4.04. The molecule has 2 N–H and O–H groups in total. The van der Waals surface area contributed by atoms with Crippen molar-refractivity contribution in [3.05, 3.63) is 23.8 Å². The van der Waals surface area contributed by atoms with E-state index in [0.717, 1.165) is 0 Å². The molecule has 0 saturated heterocycles. The molecule has 0 aliphatic heterocycles. The summed E-state index contributed by atoms with van der Waals surface area (Å²) in [6, 6.07) is 4.77. The number of ether oxygens (including phenoxy) is 1. The summed E-state index contributed by atoms with van der Waals surface area (Å²) in [6.45, 7) is 0.972. The number of anilines is 1. The lowest BCUT2D eigenvalue weighted by Crippen LogP contribution is -2.36. The van der Waals surface area contributed by atoms with Crippen LogP contribution in [0.5, 0.6) is 5.75 Å². The van der Waals surface area contributed by atoms with Crippen LogP contribution in [0.2, 0.25) is 0 Å². The Labute approximate surface area is 108 Å². The second-order valence-electron chi connectivity index (χ2n) is 3.99. The average Bonchev–Trinajstić information content (AvgIpc) is 2.28. The fraction of sp³-hybridized carbons (Fsp3) is 0.417. The predicted octanol–water partition coefficient (Wildman–Crippen LogP) is 2.68. The molecule has 0 fully saturated rings. The number of carboxylic acid groups (broad SMARTS) is 1. The molecule has 0 aliphatic rings. The molecular weight excluding hydrogens is 263 g/mol. The Kier molecular flexibility index (Phi) is 4.63. The molecule has 1 atom stereocenters. The quantitative estimate of drug-likeness (QED) is 0.868. The van der Waals surface area contributed by atoms with Gasteiger partial charge in [-0.15, -0.1) is 0 Å². The van der Waals surface area contributed by atoms with Crippen LogP contribution < -0.4 is 10.1 Å². The monoisotopic (exact) mass is 277 g/mol. The van der Waals surface area contributed by atoms with Crippen LogP contribution in [0.25, 0.3) is 0 Å². The predicted molar refractivity (Wildman–Crippen MR) is 63.4 cm³/mol. The zero-order chi connectivity index (χ0) is 14.6. The van der Waals surface area contributed by atoms with Crippen LogP contribution >= 0.6 is 0 Å². The van der Waals surface area contributed by atoms with Crippen LogP contribution in [-0.4, -0.2) is 30.9 Å². The number of hydrogen-bond donors (Lipinski definition) is 2. The molecule has 106 valence electrons. The molecule has 0 radical (unpaired) electrons. The minimum atomic E-state index is -4.78. The first kappa shape index (κ1) is 15.1. The second kappa shape index (κ2) is 5.81. The number of rotatable bonds is 5. The maximum atomic E-state index is 12.5. The average molecular weight is 277 g/mol. The molecule has 1 unspecified atom stereocenters. The van der Waals surface area contributed by atoms with Crippen LogP contribution in [0.4, 0.5) is 18.9 Å². The maximum Gasteiger partial charge on any atom is 0.403 e. The van der Waals surface area contributed by atoms with E-state index in [4.69, 9.17) is 9.84 Å². The fourth-order valence-electron chi connectivity index (χ4n) is 1.52. The van der Waals surface area contributed by atoms with Crippen molar-refractivity contribution < 1.29 is 27.8 Å². The van der Waals surface area contributed by atoms with Crippen molar-refractivity contribution in [3.8, 4) is 5.75 Å². The third-order valence-corrected chi connectivity index (χ3v) is 2.62. The van der Waals surface area contributed by atoms with Crippen molar-refractivity contribution in [3.63, 3.8) is 0 Å². The highest BCUT2D eigenvalue weighted by Gasteiger charge is 2.44. The minimum absolute atomic E-state index is 0.441. The van der Waals surface area contributed by atoms with Crippen LogP contribution in [0.15, 0.2) is 18.2 Å². The first-order valence-electron chi connectivity index (χ1n) is 5.43. The van der Waals surface area contributed by atoms with E-state index in [1.54, 1.807) is 25.1 Å². The lowest BCUT2D eigenvalue weighted by Gasteiger charge is -2.18. The minimum Gasteiger partial charge on any atom is -0.497 e. The van der Waals surface area contributed by atoms with Crippen molar-refractivity contribution in [2.45, 2.75) is 13.1 Å². The van der Waals surface area contributed by atoms with Crippen molar-refractivity contribution in [1.29, 1.82) is 0 Å².